The van der Waals surface area contributed by atoms with Gasteiger partial charge in [0.2, 0.25) is 0 Å². The average Bonchev–Trinajstić information content (AvgIpc) is 2.76. The van der Waals surface area contributed by atoms with Crippen LogP contribution in [0.15, 0.2) is 12.3 Å². The standard InChI is InChI=1S/C11H15N3O2/c1-16-3-2-13-11(15)10-4-8-5-12-6-9(8)7-14-10/h4,7,12H,2-3,5-6H2,1H3,(H,13,15). The Morgan fingerprint density at radius 2 is 2.38 bits per heavy atom. The molecule has 86 valence electrons. The first-order valence-electron chi connectivity index (χ1n) is 5.27. The molecule has 0 saturated heterocycles. The molecule has 0 fully saturated rings. The Labute approximate surface area is 94.2 Å². The number of ether oxygens (including phenoxy) is 1. The molecule has 0 radical (unpaired) electrons. The molecule has 1 aromatic rings. The second kappa shape index (κ2) is 5.05. The molecule has 0 unspecified atom stereocenters. The molecular weight excluding hydrogens is 206 g/mol. The zero-order valence-corrected chi connectivity index (χ0v) is 9.25. The predicted octanol–water partition coefficient (Wildman–Crippen LogP) is 0.0610. The molecule has 1 aromatic heterocycles. The Morgan fingerprint density at radius 3 is 3.19 bits per heavy atom. The van der Waals surface area contributed by atoms with Crippen LogP contribution in [0.1, 0.15) is 21.6 Å². The van der Waals surface area contributed by atoms with Crippen LogP contribution in [0.25, 0.3) is 0 Å². The van der Waals surface area contributed by atoms with E-state index in [9.17, 15) is 4.79 Å². The fourth-order valence-corrected chi connectivity index (χ4v) is 1.66. The molecule has 0 aliphatic carbocycles. The van der Waals surface area contributed by atoms with Crippen LogP contribution >= 0.6 is 0 Å². The fraction of sp³-hybridized carbons (Fsp3) is 0.455. The zero-order chi connectivity index (χ0) is 11.4. The topological polar surface area (TPSA) is 63.2 Å². The van der Waals surface area contributed by atoms with Gasteiger partial charge in [0.15, 0.2) is 0 Å². The van der Waals surface area contributed by atoms with E-state index >= 15 is 0 Å². The van der Waals surface area contributed by atoms with Crippen molar-refractivity contribution in [2.45, 2.75) is 13.1 Å². The summed E-state index contributed by atoms with van der Waals surface area (Å²) in [6.07, 6.45) is 1.76. The Hall–Kier alpha value is -1.46. The number of amides is 1. The van der Waals surface area contributed by atoms with Gasteiger partial charge in [-0.25, -0.2) is 0 Å². The molecule has 1 amide bonds. The lowest BCUT2D eigenvalue weighted by molar-refractivity contribution is 0.0932. The van der Waals surface area contributed by atoms with E-state index in [1.54, 1.807) is 13.3 Å². The van der Waals surface area contributed by atoms with Crippen LogP contribution in [0.3, 0.4) is 0 Å². The zero-order valence-electron chi connectivity index (χ0n) is 9.25. The Balaban J connectivity index is 2.01. The van der Waals surface area contributed by atoms with Crippen molar-refractivity contribution in [2.24, 2.45) is 0 Å². The smallest absolute Gasteiger partial charge is 0.269 e. The highest BCUT2D eigenvalue weighted by atomic mass is 16.5. The van der Waals surface area contributed by atoms with E-state index in [4.69, 9.17) is 4.74 Å². The van der Waals surface area contributed by atoms with E-state index in [1.165, 1.54) is 5.56 Å². The van der Waals surface area contributed by atoms with Crippen molar-refractivity contribution in [2.75, 3.05) is 20.3 Å². The lowest BCUT2D eigenvalue weighted by Crippen LogP contribution is -2.27. The third-order valence-electron chi connectivity index (χ3n) is 2.54. The minimum absolute atomic E-state index is 0.147. The number of nitrogens with zero attached hydrogens (tertiary/aromatic N) is 1. The first-order chi connectivity index (χ1) is 7.81. The molecule has 0 bridgehead atoms. The van der Waals surface area contributed by atoms with Crippen LogP contribution in [0.2, 0.25) is 0 Å². The van der Waals surface area contributed by atoms with Crippen molar-refractivity contribution >= 4 is 5.91 Å². The summed E-state index contributed by atoms with van der Waals surface area (Å²) < 4.78 is 4.86. The molecule has 1 aliphatic heterocycles. The Bertz CT molecular complexity index is 393. The number of fused-ring (bicyclic) bond motifs is 1. The number of aromatic nitrogens is 1. The number of carbonyl (C=O) groups is 1. The maximum Gasteiger partial charge on any atom is 0.269 e. The fourth-order valence-electron chi connectivity index (χ4n) is 1.66. The van der Waals surface area contributed by atoms with Crippen LogP contribution in [-0.2, 0) is 17.8 Å². The van der Waals surface area contributed by atoms with Gasteiger partial charge in [-0.05, 0) is 17.2 Å². The van der Waals surface area contributed by atoms with E-state index in [0.717, 1.165) is 18.7 Å². The summed E-state index contributed by atoms with van der Waals surface area (Å²) in [5.74, 6) is -0.147. The van der Waals surface area contributed by atoms with Crippen LogP contribution in [-0.4, -0.2) is 31.2 Å². The summed E-state index contributed by atoms with van der Waals surface area (Å²) in [5, 5.41) is 5.96. The summed E-state index contributed by atoms with van der Waals surface area (Å²) >= 11 is 0. The maximum atomic E-state index is 11.7. The largest absolute Gasteiger partial charge is 0.383 e. The van der Waals surface area contributed by atoms with E-state index < -0.39 is 0 Å². The molecular formula is C11H15N3O2. The third kappa shape index (κ3) is 2.37. The number of nitrogens with one attached hydrogen (secondary N) is 2. The third-order valence-corrected chi connectivity index (χ3v) is 2.54. The first-order valence-corrected chi connectivity index (χ1v) is 5.27. The molecule has 0 spiro atoms. The van der Waals surface area contributed by atoms with Gasteiger partial charge < -0.3 is 15.4 Å². The average molecular weight is 221 g/mol. The number of methoxy groups -OCH3 is 1. The first kappa shape index (κ1) is 11.0. The highest BCUT2D eigenvalue weighted by Gasteiger charge is 2.14. The summed E-state index contributed by atoms with van der Waals surface area (Å²) in [5.41, 5.74) is 2.80. The molecule has 5 heteroatoms. The van der Waals surface area contributed by atoms with Crippen molar-refractivity contribution < 1.29 is 9.53 Å². The molecule has 16 heavy (non-hydrogen) atoms. The molecule has 2 rings (SSSR count). The minimum atomic E-state index is -0.147. The second-order valence-corrected chi connectivity index (χ2v) is 3.69. The number of carbonyl (C=O) groups excluding carboxylic acids is 1. The summed E-state index contributed by atoms with van der Waals surface area (Å²) in [7, 11) is 1.60. The monoisotopic (exact) mass is 221 g/mol. The van der Waals surface area contributed by atoms with Gasteiger partial charge in [-0.1, -0.05) is 0 Å². The highest BCUT2D eigenvalue weighted by molar-refractivity contribution is 5.92. The van der Waals surface area contributed by atoms with E-state index in [0.29, 0.717) is 18.8 Å². The summed E-state index contributed by atoms with van der Waals surface area (Å²) in [4.78, 5) is 15.8. The molecule has 1 aliphatic rings. The van der Waals surface area contributed by atoms with Crippen molar-refractivity contribution in [3.63, 3.8) is 0 Å². The SMILES string of the molecule is COCCNC(=O)c1cc2c(cn1)CNC2. The van der Waals surface area contributed by atoms with Gasteiger partial charge in [-0.3, -0.25) is 9.78 Å². The lowest BCUT2D eigenvalue weighted by Gasteiger charge is -2.05. The highest BCUT2D eigenvalue weighted by Crippen LogP contribution is 2.14. The lowest BCUT2D eigenvalue weighted by atomic mass is 10.1. The maximum absolute atomic E-state index is 11.7. The Kier molecular flexibility index (Phi) is 3.48. The van der Waals surface area contributed by atoms with E-state index in [2.05, 4.69) is 15.6 Å². The predicted molar refractivity (Wildman–Crippen MR) is 59.0 cm³/mol. The van der Waals surface area contributed by atoms with Crippen LogP contribution in [0.4, 0.5) is 0 Å². The van der Waals surface area contributed by atoms with Crippen molar-refractivity contribution in [1.82, 2.24) is 15.6 Å². The molecule has 0 saturated carbocycles. The quantitative estimate of drug-likeness (QED) is 0.706. The second-order valence-electron chi connectivity index (χ2n) is 3.69. The van der Waals surface area contributed by atoms with Crippen molar-refractivity contribution in [1.29, 1.82) is 0 Å². The van der Waals surface area contributed by atoms with E-state index in [-0.39, 0.29) is 5.91 Å². The summed E-state index contributed by atoms with van der Waals surface area (Å²) in [6, 6.07) is 1.84. The summed E-state index contributed by atoms with van der Waals surface area (Å²) in [6.45, 7) is 2.68. The van der Waals surface area contributed by atoms with Gasteiger partial charge in [0.25, 0.3) is 5.91 Å². The van der Waals surface area contributed by atoms with Gasteiger partial charge in [-0.2, -0.15) is 0 Å². The van der Waals surface area contributed by atoms with Gasteiger partial charge in [0.1, 0.15) is 5.69 Å². The Morgan fingerprint density at radius 1 is 1.56 bits per heavy atom. The van der Waals surface area contributed by atoms with Gasteiger partial charge >= 0.3 is 0 Å². The van der Waals surface area contributed by atoms with Crippen molar-refractivity contribution in [3.05, 3.63) is 29.1 Å². The number of hydrogen-bond donors (Lipinski definition) is 2. The molecule has 5 nitrogen and oxygen atoms in total. The van der Waals surface area contributed by atoms with Gasteiger partial charge in [0.05, 0.1) is 6.61 Å². The number of hydrogen-bond acceptors (Lipinski definition) is 4. The van der Waals surface area contributed by atoms with Crippen LogP contribution in [0, 0.1) is 0 Å². The molecule has 0 aromatic carbocycles. The minimum Gasteiger partial charge on any atom is -0.383 e. The number of rotatable bonds is 4. The number of pyridine rings is 1. The molecule has 2 heterocycles. The van der Waals surface area contributed by atoms with Crippen LogP contribution in [0.5, 0.6) is 0 Å². The molecule has 0 atom stereocenters. The molecule has 2 N–H and O–H groups in total. The van der Waals surface area contributed by atoms with Gasteiger partial charge in [-0.15, -0.1) is 0 Å². The van der Waals surface area contributed by atoms with E-state index in [1.807, 2.05) is 6.07 Å². The van der Waals surface area contributed by atoms with Crippen molar-refractivity contribution in [3.8, 4) is 0 Å². The van der Waals surface area contributed by atoms with Gasteiger partial charge in [0, 0.05) is 32.9 Å². The normalized spacial score (nSPS) is 13.6. The van der Waals surface area contributed by atoms with Crippen LogP contribution < -0.4 is 10.6 Å².